The Morgan fingerprint density at radius 2 is 1.74 bits per heavy atom. The molecule has 0 unspecified atom stereocenters. The van der Waals surface area contributed by atoms with Crippen LogP contribution in [-0.2, 0) is 19.7 Å². The Bertz CT molecular complexity index is 1380. The SMILES string of the molecule is COc1nc(NCCOS(C)(=O)=O)nc(OC)c1NC(=O)c1csc(Oc2cc(C(C)(C)C)ccc2C)n1. The minimum atomic E-state index is -3.57. The number of carbonyl (C=O) groups excluding carboxylic acids is 1. The number of hydrogen-bond acceptors (Lipinski definition) is 12. The van der Waals surface area contributed by atoms with Crippen molar-refractivity contribution in [3.05, 3.63) is 40.4 Å². The van der Waals surface area contributed by atoms with Gasteiger partial charge in [-0.2, -0.15) is 23.4 Å². The van der Waals surface area contributed by atoms with Crippen LogP contribution in [0.1, 0.15) is 42.4 Å². The van der Waals surface area contributed by atoms with Gasteiger partial charge in [0.15, 0.2) is 5.69 Å². The minimum Gasteiger partial charge on any atom is -0.479 e. The van der Waals surface area contributed by atoms with Crippen molar-refractivity contribution >= 4 is 39.0 Å². The summed E-state index contributed by atoms with van der Waals surface area (Å²) < 4.78 is 43.5. The van der Waals surface area contributed by atoms with Crippen LogP contribution in [0.5, 0.6) is 22.7 Å². The van der Waals surface area contributed by atoms with Crippen molar-refractivity contribution in [2.75, 3.05) is 44.3 Å². The summed E-state index contributed by atoms with van der Waals surface area (Å²) in [5, 5.41) is 7.37. The van der Waals surface area contributed by atoms with E-state index in [9.17, 15) is 13.2 Å². The van der Waals surface area contributed by atoms with Crippen molar-refractivity contribution in [1.82, 2.24) is 15.0 Å². The van der Waals surface area contributed by atoms with Gasteiger partial charge in [0.1, 0.15) is 11.4 Å². The average Bonchev–Trinajstić information content (AvgIpc) is 3.31. The molecule has 3 rings (SSSR count). The van der Waals surface area contributed by atoms with E-state index < -0.39 is 16.0 Å². The molecule has 2 aromatic heterocycles. The lowest BCUT2D eigenvalue weighted by molar-refractivity contribution is 0.102. The van der Waals surface area contributed by atoms with E-state index in [0.29, 0.717) is 10.9 Å². The number of nitrogens with one attached hydrogen (secondary N) is 2. The second-order valence-corrected chi connectivity index (χ2v) is 11.6. The summed E-state index contributed by atoms with van der Waals surface area (Å²) in [4.78, 5) is 25.7. The van der Waals surface area contributed by atoms with Crippen molar-refractivity contribution in [2.24, 2.45) is 0 Å². The molecule has 38 heavy (non-hydrogen) atoms. The first-order chi connectivity index (χ1) is 17.8. The van der Waals surface area contributed by atoms with Crippen LogP contribution in [0.3, 0.4) is 0 Å². The van der Waals surface area contributed by atoms with E-state index in [4.69, 9.17) is 14.2 Å². The van der Waals surface area contributed by atoms with Crippen LogP contribution >= 0.6 is 11.3 Å². The van der Waals surface area contributed by atoms with E-state index >= 15 is 0 Å². The van der Waals surface area contributed by atoms with Gasteiger partial charge in [0, 0.05) is 11.9 Å². The van der Waals surface area contributed by atoms with Crippen LogP contribution < -0.4 is 24.8 Å². The molecule has 0 saturated heterocycles. The first kappa shape index (κ1) is 29.1. The molecule has 0 aliphatic heterocycles. The maximum atomic E-state index is 13.0. The molecule has 0 bridgehead atoms. The van der Waals surface area contributed by atoms with Crippen LogP contribution in [0.2, 0.25) is 0 Å². The highest BCUT2D eigenvalue weighted by atomic mass is 32.2. The van der Waals surface area contributed by atoms with Gasteiger partial charge in [0.2, 0.25) is 17.7 Å². The number of hydrogen-bond donors (Lipinski definition) is 2. The molecule has 2 heterocycles. The summed E-state index contributed by atoms with van der Waals surface area (Å²) in [5.41, 5.74) is 2.24. The fourth-order valence-electron chi connectivity index (χ4n) is 3.11. The Morgan fingerprint density at radius 3 is 2.32 bits per heavy atom. The standard InChI is InChI=1S/C24H31N5O7S2/c1-14-8-9-15(24(2,3)4)12-17(14)36-23-26-16(13-37-23)19(30)27-18-20(33-5)28-22(29-21(18)34-6)25-10-11-35-38(7,31)32/h8-9,12-13H,10-11H2,1-7H3,(H,27,30)(H,25,28,29). The van der Waals surface area contributed by atoms with E-state index in [1.807, 2.05) is 19.1 Å². The maximum absolute atomic E-state index is 13.0. The number of aromatic nitrogens is 3. The van der Waals surface area contributed by atoms with Gasteiger partial charge >= 0.3 is 0 Å². The number of methoxy groups -OCH3 is 2. The van der Waals surface area contributed by atoms with Crippen molar-refractivity contribution in [1.29, 1.82) is 0 Å². The number of nitrogens with zero attached hydrogens (tertiary/aromatic N) is 3. The molecule has 1 amide bonds. The van der Waals surface area contributed by atoms with E-state index in [2.05, 4.69) is 56.6 Å². The average molecular weight is 566 g/mol. The van der Waals surface area contributed by atoms with Gasteiger partial charge in [-0.1, -0.05) is 44.2 Å². The summed E-state index contributed by atoms with van der Waals surface area (Å²) in [5.74, 6) is 0.265. The lowest BCUT2D eigenvalue weighted by atomic mass is 9.86. The molecule has 0 spiro atoms. The van der Waals surface area contributed by atoms with Gasteiger partial charge in [0.25, 0.3) is 21.2 Å². The molecule has 3 aromatic rings. The second kappa shape index (κ2) is 11.9. The number of benzene rings is 1. The molecule has 206 valence electrons. The smallest absolute Gasteiger partial charge is 0.279 e. The van der Waals surface area contributed by atoms with Gasteiger partial charge in [-0.15, -0.1) is 0 Å². The molecular weight excluding hydrogens is 534 g/mol. The fraction of sp³-hybridized carbons (Fsp3) is 0.417. The third-order valence-electron chi connectivity index (χ3n) is 5.12. The van der Waals surface area contributed by atoms with Gasteiger partial charge in [0.05, 0.1) is 27.1 Å². The van der Waals surface area contributed by atoms with Gasteiger partial charge in [-0.05, 0) is 29.5 Å². The van der Waals surface area contributed by atoms with Crippen molar-refractivity contribution < 1.29 is 31.6 Å². The molecule has 0 fully saturated rings. The van der Waals surface area contributed by atoms with E-state index in [1.165, 1.54) is 25.6 Å². The normalized spacial score (nSPS) is 11.7. The zero-order valence-electron chi connectivity index (χ0n) is 22.2. The molecule has 2 N–H and O–H groups in total. The highest BCUT2D eigenvalue weighted by Gasteiger charge is 2.22. The zero-order chi connectivity index (χ0) is 28.1. The Morgan fingerprint density at radius 1 is 1.08 bits per heavy atom. The zero-order valence-corrected chi connectivity index (χ0v) is 23.9. The number of thiazole rings is 1. The summed E-state index contributed by atoms with van der Waals surface area (Å²) in [7, 11) is -0.825. The quantitative estimate of drug-likeness (QED) is 0.256. The molecule has 0 aliphatic rings. The van der Waals surface area contributed by atoms with Gasteiger partial charge in [-0.25, -0.2) is 0 Å². The third-order valence-corrected chi connectivity index (χ3v) is 6.43. The van der Waals surface area contributed by atoms with E-state index in [0.717, 1.165) is 17.4 Å². The minimum absolute atomic E-state index is 0.0260. The first-order valence-electron chi connectivity index (χ1n) is 11.4. The molecule has 0 atom stereocenters. The maximum Gasteiger partial charge on any atom is 0.279 e. The van der Waals surface area contributed by atoms with Crippen molar-refractivity contribution in [3.8, 4) is 22.7 Å². The summed E-state index contributed by atoms with van der Waals surface area (Å²) in [6.07, 6.45) is 0.954. The lowest BCUT2D eigenvalue weighted by Crippen LogP contribution is -2.17. The van der Waals surface area contributed by atoms with Crippen LogP contribution in [-0.4, -0.2) is 62.9 Å². The molecular formula is C24H31N5O7S2. The van der Waals surface area contributed by atoms with Gasteiger partial charge in [-0.3, -0.25) is 8.98 Å². The Labute approximate surface area is 225 Å². The third kappa shape index (κ3) is 7.76. The Kier molecular flexibility index (Phi) is 9.12. The molecule has 14 heteroatoms. The molecule has 1 aromatic carbocycles. The first-order valence-corrected chi connectivity index (χ1v) is 14.1. The summed E-state index contributed by atoms with van der Waals surface area (Å²) in [6, 6.07) is 6.04. The highest BCUT2D eigenvalue weighted by molar-refractivity contribution is 7.85. The number of rotatable bonds is 11. The van der Waals surface area contributed by atoms with Crippen LogP contribution in [0.25, 0.3) is 0 Å². The number of aryl methyl sites for hydroxylation is 1. The number of ether oxygens (including phenoxy) is 3. The molecule has 12 nitrogen and oxygen atoms in total. The monoisotopic (exact) mass is 565 g/mol. The predicted octanol–water partition coefficient (Wildman–Crippen LogP) is 3.99. The molecule has 0 aliphatic carbocycles. The van der Waals surface area contributed by atoms with Crippen molar-refractivity contribution in [3.63, 3.8) is 0 Å². The van der Waals surface area contributed by atoms with Crippen LogP contribution in [0.15, 0.2) is 23.6 Å². The Balaban J connectivity index is 1.74. The Hall–Kier alpha value is -3.49. The highest BCUT2D eigenvalue weighted by Crippen LogP contribution is 2.35. The summed E-state index contributed by atoms with van der Waals surface area (Å²) in [6.45, 7) is 8.28. The number of anilines is 2. The van der Waals surface area contributed by atoms with Crippen molar-refractivity contribution in [2.45, 2.75) is 33.1 Å². The second-order valence-electron chi connectivity index (χ2n) is 9.18. The largest absolute Gasteiger partial charge is 0.479 e. The van der Waals surface area contributed by atoms with Crippen LogP contribution in [0, 0.1) is 6.92 Å². The van der Waals surface area contributed by atoms with Crippen LogP contribution in [0.4, 0.5) is 11.6 Å². The molecule has 0 radical (unpaired) electrons. The predicted molar refractivity (Wildman–Crippen MR) is 144 cm³/mol. The summed E-state index contributed by atoms with van der Waals surface area (Å²) >= 11 is 1.19. The number of carbonyl (C=O) groups is 1. The fourth-order valence-corrected chi connectivity index (χ4v) is 4.16. The van der Waals surface area contributed by atoms with E-state index in [-0.39, 0.29) is 47.7 Å². The van der Waals surface area contributed by atoms with Gasteiger partial charge < -0.3 is 24.8 Å². The topological polar surface area (TPSA) is 151 Å². The lowest BCUT2D eigenvalue weighted by Gasteiger charge is -2.20. The van der Waals surface area contributed by atoms with E-state index in [1.54, 1.807) is 5.38 Å². The number of amides is 1. The molecule has 0 saturated carbocycles.